The first-order valence-corrected chi connectivity index (χ1v) is 7.75. The van der Waals surface area contributed by atoms with E-state index in [1.165, 1.54) is 11.4 Å². The summed E-state index contributed by atoms with van der Waals surface area (Å²) in [7, 11) is -0.461. The SMILES string of the molecule is CCNCc1ccc(OC)c(S(=O)(=O)N(C)CC)c1. The second-order valence-electron chi connectivity index (χ2n) is 4.18. The van der Waals surface area contributed by atoms with Crippen LogP contribution in [0.4, 0.5) is 0 Å². The van der Waals surface area contributed by atoms with Gasteiger partial charge in [-0.25, -0.2) is 12.7 Å². The minimum atomic E-state index is -3.50. The fraction of sp³-hybridized carbons (Fsp3) is 0.538. The Bertz CT molecular complexity index is 515. The van der Waals surface area contributed by atoms with Crippen molar-refractivity contribution in [2.45, 2.75) is 25.3 Å². The maximum atomic E-state index is 12.4. The molecule has 1 rings (SSSR count). The van der Waals surface area contributed by atoms with Crippen molar-refractivity contribution in [3.63, 3.8) is 0 Å². The maximum Gasteiger partial charge on any atom is 0.246 e. The highest BCUT2D eigenvalue weighted by atomic mass is 32.2. The molecule has 0 spiro atoms. The fourth-order valence-electron chi connectivity index (χ4n) is 1.64. The minimum Gasteiger partial charge on any atom is -0.495 e. The van der Waals surface area contributed by atoms with Crippen molar-refractivity contribution in [1.82, 2.24) is 9.62 Å². The molecule has 0 saturated carbocycles. The van der Waals surface area contributed by atoms with Crippen molar-refractivity contribution in [3.8, 4) is 5.75 Å². The van der Waals surface area contributed by atoms with Crippen LogP contribution in [0.15, 0.2) is 23.1 Å². The van der Waals surface area contributed by atoms with Gasteiger partial charge in [0.05, 0.1) is 7.11 Å². The van der Waals surface area contributed by atoms with Crippen LogP contribution in [0.5, 0.6) is 5.75 Å². The third kappa shape index (κ3) is 3.68. The number of benzene rings is 1. The van der Waals surface area contributed by atoms with Gasteiger partial charge in [0.25, 0.3) is 0 Å². The molecule has 0 radical (unpaired) electrons. The van der Waals surface area contributed by atoms with Crippen LogP contribution in [0.25, 0.3) is 0 Å². The molecule has 0 aliphatic carbocycles. The average molecular weight is 286 g/mol. The second-order valence-corrected chi connectivity index (χ2v) is 6.20. The lowest BCUT2D eigenvalue weighted by Crippen LogP contribution is -2.27. The second kappa shape index (κ2) is 6.88. The molecule has 0 bridgehead atoms. The molecule has 6 heteroatoms. The van der Waals surface area contributed by atoms with E-state index in [0.717, 1.165) is 12.1 Å². The summed E-state index contributed by atoms with van der Waals surface area (Å²) in [5.74, 6) is 0.376. The van der Waals surface area contributed by atoms with Crippen molar-refractivity contribution in [3.05, 3.63) is 23.8 Å². The highest BCUT2D eigenvalue weighted by Crippen LogP contribution is 2.27. The molecule has 0 aliphatic heterocycles. The highest BCUT2D eigenvalue weighted by Gasteiger charge is 2.23. The summed E-state index contributed by atoms with van der Waals surface area (Å²) in [6.45, 7) is 5.70. The van der Waals surface area contributed by atoms with Gasteiger partial charge in [-0.1, -0.05) is 19.9 Å². The van der Waals surface area contributed by atoms with Crippen LogP contribution in [0, 0.1) is 0 Å². The van der Waals surface area contributed by atoms with Gasteiger partial charge in [0.2, 0.25) is 10.0 Å². The predicted octanol–water partition coefficient (Wildman–Crippen LogP) is 1.45. The summed E-state index contributed by atoms with van der Waals surface area (Å²) >= 11 is 0. The van der Waals surface area contributed by atoms with Crippen LogP contribution < -0.4 is 10.1 Å². The van der Waals surface area contributed by atoms with Crippen LogP contribution in [-0.2, 0) is 16.6 Å². The Morgan fingerprint density at radius 3 is 2.53 bits per heavy atom. The Morgan fingerprint density at radius 1 is 1.32 bits per heavy atom. The molecule has 0 amide bonds. The molecule has 0 saturated heterocycles. The van der Waals surface area contributed by atoms with Gasteiger partial charge in [0.1, 0.15) is 10.6 Å². The Morgan fingerprint density at radius 2 is 2.00 bits per heavy atom. The molecule has 1 aromatic carbocycles. The minimum absolute atomic E-state index is 0.217. The summed E-state index contributed by atoms with van der Waals surface area (Å²) in [6, 6.07) is 5.23. The molecule has 1 aromatic rings. The number of rotatable bonds is 7. The summed E-state index contributed by atoms with van der Waals surface area (Å²) in [5.41, 5.74) is 0.922. The van der Waals surface area contributed by atoms with Crippen molar-refractivity contribution in [2.24, 2.45) is 0 Å². The zero-order valence-corrected chi connectivity index (χ0v) is 12.8. The standard InChI is InChI=1S/C13H22N2O3S/c1-5-14-10-11-7-8-12(18-4)13(9-11)19(16,17)15(3)6-2/h7-9,14H,5-6,10H2,1-4H3. The molecule has 1 N–H and O–H groups in total. The Balaban J connectivity index is 3.23. The van der Waals surface area contributed by atoms with E-state index in [1.54, 1.807) is 26.1 Å². The molecule has 0 heterocycles. The van der Waals surface area contributed by atoms with Gasteiger partial charge in [-0.15, -0.1) is 0 Å². The summed E-state index contributed by atoms with van der Waals surface area (Å²) in [4.78, 5) is 0.217. The molecule has 0 fully saturated rings. The zero-order chi connectivity index (χ0) is 14.5. The van der Waals surface area contributed by atoms with Crippen LogP contribution in [0.2, 0.25) is 0 Å². The van der Waals surface area contributed by atoms with Crippen LogP contribution >= 0.6 is 0 Å². The number of hydrogen-bond donors (Lipinski definition) is 1. The average Bonchev–Trinajstić information content (AvgIpc) is 2.43. The lowest BCUT2D eigenvalue weighted by atomic mass is 10.2. The molecular formula is C13H22N2O3S. The van der Waals surface area contributed by atoms with Gasteiger partial charge in [-0.2, -0.15) is 0 Å². The third-order valence-corrected chi connectivity index (χ3v) is 4.89. The van der Waals surface area contributed by atoms with E-state index in [0.29, 0.717) is 18.8 Å². The van der Waals surface area contributed by atoms with E-state index in [1.807, 2.05) is 13.0 Å². The largest absolute Gasteiger partial charge is 0.495 e. The summed E-state index contributed by atoms with van der Waals surface area (Å²) < 4.78 is 31.3. The van der Waals surface area contributed by atoms with Gasteiger partial charge in [-0.3, -0.25) is 0 Å². The van der Waals surface area contributed by atoms with E-state index in [-0.39, 0.29) is 4.90 Å². The topological polar surface area (TPSA) is 58.6 Å². The van der Waals surface area contributed by atoms with E-state index in [9.17, 15) is 8.42 Å². The normalized spacial score (nSPS) is 11.8. The lowest BCUT2D eigenvalue weighted by Gasteiger charge is -2.18. The first kappa shape index (κ1) is 15.9. The van der Waals surface area contributed by atoms with E-state index in [4.69, 9.17) is 4.74 Å². The summed E-state index contributed by atoms with van der Waals surface area (Å²) in [6.07, 6.45) is 0. The van der Waals surface area contributed by atoms with Crippen LogP contribution in [-0.4, -0.2) is 40.0 Å². The van der Waals surface area contributed by atoms with E-state index >= 15 is 0 Å². The molecular weight excluding hydrogens is 264 g/mol. The van der Waals surface area contributed by atoms with Crippen molar-refractivity contribution >= 4 is 10.0 Å². The molecule has 0 aromatic heterocycles. The summed E-state index contributed by atoms with van der Waals surface area (Å²) in [5, 5.41) is 3.17. The Kier molecular flexibility index (Phi) is 5.78. The first-order chi connectivity index (χ1) is 8.97. The van der Waals surface area contributed by atoms with Gasteiger partial charge < -0.3 is 10.1 Å². The zero-order valence-electron chi connectivity index (χ0n) is 11.9. The molecule has 0 aliphatic rings. The molecule has 108 valence electrons. The highest BCUT2D eigenvalue weighted by molar-refractivity contribution is 7.89. The fourth-order valence-corrected chi connectivity index (χ4v) is 3.02. The Labute approximate surface area is 115 Å². The molecule has 0 atom stereocenters. The van der Waals surface area contributed by atoms with E-state index < -0.39 is 10.0 Å². The van der Waals surface area contributed by atoms with Gasteiger partial charge in [-0.05, 0) is 24.2 Å². The first-order valence-electron chi connectivity index (χ1n) is 6.31. The van der Waals surface area contributed by atoms with E-state index in [2.05, 4.69) is 5.32 Å². The van der Waals surface area contributed by atoms with Gasteiger partial charge in [0.15, 0.2) is 0 Å². The smallest absolute Gasteiger partial charge is 0.246 e. The van der Waals surface area contributed by atoms with Crippen molar-refractivity contribution in [2.75, 3.05) is 27.2 Å². The quantitative estimate of drug-likeness (QED) is 0.824. The van der Waals surface area contributed by atoms with Gasteiger partial charge in [0, 0.05) is 20.1 Å². The molecule has 19 heavy (non-hydrogen) atoms. The number of hydrogen-bond acceptors (Lipinski definition) is 4. The maximum absolute atomic E-state index is 12.4. The number of sulfonamides is 1. The molecule has 0 unspecified atom stereocenters. The third-order valence-electron chi connectivity index (χ3n) is 2.94. The van der Waals surface area contributed by atoms with Crippen molar-refractivity contribution < 1.29 is 13.2 Å². The number of nitrogens with one attached hydrogen (secondary N) is 1. The van der Waals surface area contributed by atoms with Crippen LogP contribution in [0.1, 0.15) is 19.4 Å². The lowest BCUT2D eigenvalue weighted by molar-refractivity contribution is 0.398. The predicted molar refractivity (Wildman–Crippen MR) is 75.9 cm³/mol. The van der Waals surface area contributed by atoms with Crippen LogP contribution in [0.3, 0.4) is 0 Å². The monoisotopic (exact) mass is 286 g/mol. The van der Waals surface area contributed by atoms with Gasteiger partial charge >= 0.3 is 0 Å². The number of methoxy groups -OCH3 is 1. The molecule has 5 nitrogen and oxygen atoms in total. The number of ether oxygens (including phenoxy) is 1. The Hall–Kier alpha value is -1.11. The number of nitrogens with zero attached hydrogens (tertiary/aromatic N) is 1. The van der Waals surface area contributed by atoms with Crippen molar-refractivity contribution in [1.29, 1.82) is 0 Å².